The quantitative estimate of drug-likeness (QED) is 0.770. The van der Waals surface area contributed by atoms with Crippen LogP contribution in [-0.2, 0) is 17.6 Å². The predicted octanol–water partition coefficient (Wildman–Crippen LogP) is 3.73. The molecular weight excluding hydrogens is 343 g/mol. The number of rotatable bonds is 8. The predicted molar refractivity (Wildman–Crippen MR) is 106 cm³/mol. The molecule has 0 saturated heterocycles. The highest BCUT2D eigenvalue weighted by Gasteiger charge is 2.16. The number of anilines is 1. The van der Waals surface area contributed by atoms with Gasteiger partial charge in [-0.25, -0.2) is 4.39 Å². The van der Waals surface area contributed by atoms with Crippen LogP contribution >= 0.6 is 0 Å². The number of hydrogen-bond donors (Lipinski definition) is 1. The number of ether oxygens (including phenoxy) is 1. The Labute approximate surface area is 160 Å². The minimum Gasteiger partial charge on any atom is -0.481 e. The van der Waals surface area contributed by atoms with Crippen LogP contribution in [-0.4, -0.2) is 32.1 Å². The molecule has 144 valence electrons. The lowest BCUT2D eigenvalue weighted by Crippen LogP contribution is -2.31. The fourth-order valence-electron chi connectivity index (χ4n) is 3.49. The smallest absolute Gasteiger partial charge is 0.257 e. The molecule has 2 aromatic carbocycles. The summed E-state index contributed by atoms with van der Waals surface area (Å²) in [5, 5.41) is 2.83. The van der Waals surface area contributed by atoms with Crippen LogP contribution in [0, 0.1) is 5.82 Å². The van der Waals surface area contributed by atoms with Gasteiger partial charge in [0.25, 0.3) is 5.91 Å². The second-order valence-corrected chi connectivity index (χ2v) is 6.87. The first kappa shape index (κ1) is 19.2. The molecule has 0 saturated carbocycles. The van der Waals surface area contributed by atoms with E-state index in [0.29, 0.717) is 6.54 Å². The molecule has 1 amide bonds. The Kier molecular flexibility index (Phi) is 6.69. The third-order valence-electron chi connectivity index (χ3n) is 4.78. The zero-order valence-corrected chi connectivity index (χ0v) is 15.8. The number of nitrogens with zero attached hydrogens (tertiary/aromatic N) is 1. The largest absolute Gasteiger partial charge is 0.481 e. The molecule has 1 N–H and O–H groups in total. The normalized spacial score (nSPS) is 13.2. The van der Waals surface area contributed by atoms with Gasteiger partial charge in [0.05, 0.1) is 0 Å². The number of benzene rings is 2. The van der Waals surface area contributed by atoms with Gasteiger partial charge >= 0.3 is 0 Å². The SMILES string of the molecule is CCCN1CCCc2cc(CCNC(=O)COc3ccccc3F)ccc21. The number of aryl methyl sites for hydroxylation is 1. The second kappa shape index (κ2) is 9.40. The van der Waals surface area contributed by atoms with Crippen LogP contribution < -0.4 is 15.0 Å². The minimum absolute atomic E-state index is 0.0963. The molecule has 5 heteroatoms. The number of halogens is 1. The Morgan fingerprint density at radius 1 is 1.26 bits per heavy atom. The Balaban J connectivity index is 1.46. The van der Waals surface area contributed by atoms with Crippen LogP contribution in [0.4, 0.5) is 10.1 Å². The number of hydrogen-bond acceptors (Lipinski definition) is 3. The van der Waals surface area contributed by atoms with Crippen molar-refractivity contribution in [2.24, 2.45) is 0 Å². The van der Waals surface area contributed by atoms with Crippen molar-refractivity contribution in [3.8, 4) is 5.75 Å². The highest BCUT2D eigenvalue weighted by Crippen LogP contribution is 2.28. The van der Waals surface area contributed by atoms with Gasteiger partial charge in [-0.05, 0) is 55.0 Å². The molecule has 0 atom stereocenters. The van der Waals surface area contributed by atoms with Gasteiger partial charge in [0.2, 0.25) is 0 Å². The van der Waals surface area contributed by atoms with Crippen LogP contribution in [0.3, 0.4) is 0 Å². The first-order chi connectivity index (χ1) is 13.2. The van der Waals surface area contributed by atoms with Crippen LogP contribution in [0.5, 0.6) is 5.75 Å². The van der Waals surface area contributed by atoms with Crippen LogP contribution in [0.25, 0.3) is 0 Å². The molecule has 0 aromatic heterocycles. The maximum Gasteiger partial charge on any atom is 0.257 e. The Bertz CT molecular complexity index is 779. The lowest BCUT2D eigenvalue weighted by Gasteiger charge is -2.31. The van der Waals surface area contributed by atoms with E-state index in [1.165, 1.54) is 35.4 Å². The Morgan fingerprint density at radius 3 is 2.93 bits per heavy atom. The minimum atomic E-state index is -0.462. The highest BCUT2D eigenvalue weighted by molar-refractivity contribution is 5.77. The van der Waals surface area contributed by atoms with Gasteiger partial charge in [-0.3, -0.25) is 4.79 Å². The molecule has 0 fully saturated rings. The molecule has 0 unspecified atom stereocenters. The molecule has 0 spiro atoms. The third kappa shape index (κ3) is 5.22. The lowest BCUT2D eigenvalue weighted by atomic mass is 9.98. The number of amides is 1. The van der Waals surface area contributed by atoms with E-state index in [9.17, 15) is 9.18 Å². The van der Waals surface area contributed by atoms with E-state index in [1.807, 2.05) is 0 Å². The molecule has 0 aliphatic carbocycles. The van der Waals surface area contributed by atoms with Gasteiger partial charge < -0.3 is 15.0 Å². The summed E-state index contributed by atoms with van der Waals surface area (Å²) >= 11 is 0. The van der Waals surface area contributed by atoms with Gasteiger partial charge in [0, 0.05) is 25.3 Å². The first-order valence-electron chi connectivity index (χ1n) is 9.68. The van der Waals surface area contributed by atoms with E-state index >= 15 is 0 Å². The molecule has 0 bridgehead atoms. The number of fused-ring (bicyclic) bond motifs is 1. The maximum absolute atomic E-state index is 13.5. The zero-order valence-electron chi connectivity index (χ0n) is 15.8. The summed E-state index contributed by atoms with van der Waals surface area (Å²) in [5.41, 5.74) is 3.98. The maximum atomic E-state index is 13.5. The fraction of sp³-hybridized carbons (Fsp3) is 0.409. The molecule has 1 heterocycles. The molecule has 1 aliphatic heterocycles. The van der Waals surface area contributed by atoms with Crippen molar-refractivity contribution in [1.29, 1.82) is 0 Å². The summed E-state index contributed by atoms with van der Waals surface area (Å²) in [6.07, 6.45) is 4.24. The number of carbonyl (C=O) groups is 1. The molecular formula is C22H27FN2O2. The van der Waals surface area contributed by atoms with E-state index < -0.39 is 5.82 Å². The van der Waals surface area contributed by atoms with Crippen molar-refractivity contribution < 1.29 is 13.9 Å². The zero-order chi connectivity index (χ0) is 19.1. The van der Waals surface area contributed by atoms with Gasteiger partial charge in [0.15, 0.2) is 18.2 Å². The first-order valence-corrected chi connectivity index (χ1v) is 9.68. The van der Waals surface area contributed by atoms with E-state index in [1.54, 1.807) is 12.1 Å². The molecule has 0 radical (unpaired) electrons. The van der Waals surface area contributed by atoms with Gasteiger partial charge in [-0.15, -0.1) is 0 Å². The average Bonchev–Trinajstić information content (AvgIpc) is 2.68. The number of para-hydroxylation sites is 1. The summed E-state index contributed by atoms with van der Waals surface area (Å²) < 4.78 is 18.7. The topological polar surface area (TPSA) is 41.6 Å². The van der Waals surface area contributed by atoms with Gasteiger partial charge in [0.1, 0.15) is 0 Å². The van der Waals surface area contributed by atoms with Crippen LogP contribution in [0.2, 0.25) is 0 Å². The average molecular weight is 370 g/mol. The number of carbonyl (C=O) groups excluding carboxylic acids is 1. The summed E-state index contributed by atoms with van der Waals surface area (Å²) in [5.74, 6) is -0.610. The van der Waals surface area contributed by atoms with E-state index in [4.69, 9.17) is 4.74 Å². The third-order valence-corrected chi connectivity index (χ3v) is 4.78. The fourth-order valence-corrected chi connectivity index (χ4v) is 3.49. The molecule has 1 aliphatic rings. The molecule has 2 aromatic rings. The van der Waals surface area contributed by atoms with Crippen LogP contribution in [0.15, 0.2) is 42.5 Å². The van der Waals surface area contributed by atoms with E-state index in [-0.39, 0.29) is 18.3 Å². The molecule has 3 rings (SSSR count). The number of nitrogens with one attached hydrogen (secondary N) is 1. The molecule has 4 nitrogen and oxygen atoms in total. The van der Waals surface area contributed by atoms with E-state index in [0.717, 1.165) is 32.4 Å². The Hall–Kier alpha value is -2.56. The Morgan fingerprint density at radius 2 is 2.11 bits per heavy atom. The van der Waals surface area contributed by atoms with E-state index in [2.05, 4.69) is 35.3 Å². The highest BCUT2D eigenvalue weighted by atomic mass is 19.1. The van der Waals surface area contributed by atoms with Crippen molar-refractivity contribution >= 4 is 11.6 Å². The van der Waals surface area contributed by atoms with Crippen molar-refractivity contribution in [3.05, 3.63) is 59.4 Å². The summed E-state index contributed by atoms with van der Waals surface area (Å²) in [7, 11) is 0. The van der Waals surface area contributed by atoms with Crippen molar-refractivity contribution in [3.63, 3.8) is 0 Å². The van der Waals surface area contributed by atoms with Crippen LogP contribution in [0.1, 0.15) is 30.9 Å². The monoisotopic (exact) mass is 370 g/mol. The lowest BCUT2D eigenvalue weighted by molar-refractivity contribution is -0.123. The van der Waals surface area contributed by atoms with Gasteiger partial charge in [-0.2, -0.15) is 0 Å². The van der Waals surface area contributed by atoms with Gasteiger partial charge in [-0.1, -0.05) is 31.2 Å². The second-order valence-electron chi connectivity index (χ2n) is 6.87. The molecule has 27 heavy (non-hydrogen) atoms. The van der Waals surface area contributed by atoms with Crippen molar-refractivity contribution in [1.82, 2.24) is 5.32 Å². The standard InChI is InChI=1S/C22H27FN2O2/c1-2-13-25-14-5-6-18-15-17(9-10-20(18)25)11-12-24-22(26)16-27-21-8-4-3-7-19(21)23/h3-4,7-10,15H,2,5-6,11-14,16H2,1H3,(H,24,26). The summed E-state index contributed by atoms with van der Waals surface area (Å²) in [6, 6.07) is 12.7. The summed E-state index contributed by atoms with van der Waals surface area (Å²) in [4.78, 5) is 14.4. The summed E-state index contributed by atoms with van der Waals surface area (Å²) in [6.45, 7) is 4.80. The van der Waals surface area contributed by atoms with Crippen molar-refractivity contribution in [2.45, 2.75) is 32.6 Å². The van der Waals surface area contributed by atoms with Crippen molar-refractivity contribution in [2.75, 3.05) is 31.1 Å².